The zero-order chi connectivity index (χ0) is 6.85. The van der Waals surface area contributed by atoms with Crippen LogP contribution in [0.15, 0.2) is 17.1 Å². The monoisotopic (exact) mass is 125 g/mol. The van der Waals surface area contributed by atoms with Crippen LogP contribution >= 0.6 is 0 Å². The molecular formula is C5H3NO3. The molecule has 0 bridgehead atoms. The van der Waals surface area contributed by atoms with E-state index in [-0.39, 0.29) is 5.71 Å². The lowest BCUT2D eigenvalue weighted by Gasteiger charge is -1.81. The summed E-state index contributed by atoms with van der Waals surface area (Å²) in [5.74, 6) is -1.68. The van der Waals surface area contributed by atoms with E-state index in [0.717, 1.165) is 6.08 Å². The summed E-state index contributed by atoms with van der Waals surface area (Å²) in [7, 11) is 0. The number of aliphatic imine (C=N–C) groups is 1. The van der Waals surface area contributed by atoms with Gasteiger partial charge in [-0.1, -0.05) is 0 Å². The standard InChI is InChI=1S/C5H3NO3/c7-4-2-1-3(6-4)5(8)9/h1-2H,(H,8,9). The molecule has 0 saturated heterocycles. The Kier molecular flexibility index (Phi) is 1.14. The highest BCUT2D eigenvalue weighted by molar-refractivity contribution is 6.44. The van der Waals surface area contributed by atoms with E-state index < -0.39 is 11.9 Å². The third-order valence-corrected chi connectivity index (χ3v) is 0.834. The number of carbonyl (C=O) groups is 2. The number of carboxylic acids is 1. The van der Waals surface area contributed by atoms with Crippen LogP contribution in [0.4, 0.5) is 0 Å². The molecular weight excluding hydrogens is 122 g/mol. The predicted octanol–water partition coefficient (Wildman–Crippen LogP) is -0.392. The van der Waals surface area contributed by atoms with Crippen LogP contribution in [0, 0.1) is 0 Å². The fraction of sp³-hybridized carbons (Fsp3) is 0. The van der Waals surface area contributed by atoms with Gasteiger partial charge in [0.25, 0.3) is 5.91 Å². The molecule has 4 nitrogen and oxygen atoms in total. The fourth-order valence-corrected chi connectivity index (χ4v) is 0.463. The largest absolute Gasteiger partial charge is 0.477 e. The molecule has 9 heavy (non-hydrogen) atoms. The van der Waals surface area contributed by atoms with Crippen LogP contribution in [-0.2, 0) is 9.59 Å². The molecule has 0 aromatic carbocycles. The van der Waals surface area contributed by atoms with E-state index in [4.69, 9.17) is 5.11 Å². The molecule has 1 aliphatic heterocycles. The van der Waals surface area contributed by atoms with Crippen molar-refractivity contribution in [3.05, 3.63) is 12.2 Å². The van der Waals surface area contributed by atoms with E-state index >= 15 is 0 Å². The summed E-state index contributed by atoms with van der Waals surface area (Å²) in [4.78, 5) is 23.4. The molecule has 0 fully saturated rings. The molecule has 1 rings (SSSR count). The first-order chi connectivity index (χ1) is 4.20. The van der Waals surface area contributed by atoms with Gasteiger partial charge in [0.2, 0.25) is 0 Å². The van der Waals surface area contributed by atoms with Crippen LogP contribution in [0.5, 0.6) is 0 Å². The number of amides is 1. The molecule has 0 atom stereocenters. The predicted molar refractivity (Wildman–Crippen MR) is 29.2 cm³/mol. The maximum atomic E-state index is 10.2. The Morgan fingerprint density at radius 2 is 2.22 bits per heavy atom. The van der Waals surface area contributed by atoms with E-state index in [1.54, 1.807) is 0 Å². The van der Waals surface area contributed by atoms with Crippen molar-refractivity contribution in [2.45, 2.75) is 0 Å². The van der Waals surface area contributed by atoms with Gasteiger partial charge in [0.05, 0.1) is 0 Å². The second-order valence-electron chi connectivity index (χ2n) is 1.47. The second kappa shape index (κ2) is 1.81. The van der Waals surface area contributed by atoms with Gasteiger partial charge in [-0.15, -0.1) is 0 Å². The second-order valence-corrected chi connectivity index (χ2v) is 1.47. The highest BCUT2D eigenvalue weighted by atomic mass is 16.4. The summed E-state index contributed by atoms with van der Waals surface area (Å²) >= 11 is 0. The number of hydrogen-bond donors (Lipinski definition) is 1. The van der Waals surface area contributed by atoms with Gasteiger partial charge >= 0.3 is 5.97 Å². The first-order valence-electron chi connectivity index (χ1n) is 2.24. The van der Waals surface area contributed by atoms with Gasteiger partial charge in [-0.25, -0.2) is 9.79 Å². The maximum absolute atomic E-state index is 10.2. The quantitative estimate of drug-likeness (QED) is 0.518. The zero-order valence-electron chi connectivity index (χ0n) is 4.37. The van der Waals surface area contributed by atoms with Gasteiger partial charge in [0.15, 0.2) is 5.71 Å². The Morgan fingerprint density at radius 3 is 2.44 bits per heavy atom. The number of carboxylic acid groups (broad SMARTS) is 1. The topological polar surface area (TPSA) is 66.7 Å². The van der Waals surface area contributed by atoms with Crippen LogP contribution in [0.25, 0.3) is 0 Å². The van der Waals surface area contributed by atoms with Crippen LogP contribution in [0.2, 0.25) is 0 Å². The zero-order valence-corrected chi connectivity index (χ0v) is 4.37. The number of aliphatic carboxylic acids is 1. The molecule has 0 unspecified atom stereocenters. The van der Waals surface area contributed by atoms with E-state index in [9.17, 15) is 9.59 Å². The fourth-order valence-electron chi connectivity index (χ4n) is 0.463. The van der Waals surface area contributed by atoms with Crippen molar-refractivity contribution in [1.29, 1.82) is 0 Å². The maximum Gasteiger partial charge on any atom is 0.354 e. The minimum Gasteiger partial charge on any atom is -0.477 e. The SMILES string of the molecule is O=C1C=CC(C(=O)O)=N1. The molecule has 46 valence electrons. The van der Waals surface area contributed by atoms with E-state index in [1.807, 2.05) is 0 Å². The van der Waals surface area contributed by atoms with Crippen LogP contribution in [0.3, 0.4) is 0 Å². The molecule has 1 amide bonds. The summed E-state index contributed by atoms with van der Waals surface area (Å²) in [5, 5.41) is 8.20. The molecule has 1 heterocycles. The smallest absolute Gasteiger partial charge is 0.354 e. The number of hydrogen-bond acceptors (Lipinski definition) is 2. The van der Waals surface area contributed by atoms with E-state index in [1.165, 1.54) is 6.08 Å². The first-order valence-corrected chi connectivity index (χ1v) is 2.24. The first kappa shape index (κ1) is 5.68. The number of nitrogens with zero attached hydrogens (tertiary/aromatic N) is 1. The van der Waals surface area contributed by atoms with Crippen molar-refractivity contribution < 1.29 is 14.7 Å². The molecule has 0 aromatic rings. The Balaban J connectivity index is 2.88. The van der Waals surface area contributed by atoms with Crippen molar-refractivity contribution >= 4 is 17.6 Å². The van der Waals surface area contributed by atoms with E-state index in [0.29, 0.717) is 0 Å². The highest BCUT2D eigenvalue weighted by Crippen LogP contribution is 1.94. The Hall–Kier alpha value is -1.45. The van der Waals surface area contributed by atoms with Crippen molar-refractivity contribution in [1.82, 2.24) is 0 Å². The van der Waals surface area contributed by atoms with E-state index in [2.05, 4.69) is 4.99 Å². The lowest BCUT2D eigenvalue weighted by Crippen LogP contribution is -2.07. The third kappa shape index (κ3) is 1.02. The lowest BCUT2D eigenvalue weighted by atomic mass is 10.4. The average molecular weight is 125 g/mol. The Labute approximate surface area is 50.5 Å². The van der Waals surface area contributed by atoms with Crippen molar-refractivity contribution in [3.63, 3.8) is 0 Å². The summed E-state index contributed by atoms with van der Waals surface area (Å²) in [6.07, 6.45) is 2.29. The molecule has 0 saturated carbocycles. The third-order valence-electron chi connectivity index (χ3n) is 0.834. The van der Waals surface area contributed by atoms with Gasteiger partial charge in [-0.2, -0.15) is 0 Å². The summed E-state index contributed by atoms with van der Waals surface area (Å²) in [6.45, 7) is 0. The summed E-state index contributed by atoms with van der Waals surface area (Å²) in [6, 6.07) is 0. The van der Waals surface area contributed by atoms with Crippen LogP contribution in [0.1, 0.15) is 0 Å². The molecule has 4 heteroatoms. The molecule has 1 aliphatic rings. The Morgan fingerprint density at radius 1 is 1.56 bits per heavy atom. The van der Waals surface area contributed by atoms with Gasteiger partial charge in [0, 0.05) is 6.08 Å². The number of carbonyl (C=O) groups excluding carboxylic acids is 1. The van der Waals surface area contributed by atoms with Crippen LogP contribution in [-0.4, -0.2) is 22.7 Å². The lowest BCUT2D eigenvalue weighted by molar-refractivity contribution is -0.129. The van der Waals surface area contributed by atoms with Gasteiger partial charge in [-0.05, 0) is 6.08 Å². The Bertz CT molecular complexity index is 226. The van der Waals surface area contributed by atoms with Gasteiger partial charge in [-0.3, -0.25) is 4.79 Å². The number of rotatable bonds is 1. The van der Waals surface area contributed by atoms with Gasteiger partial charge < -0.3 is 5.11 Å². The highest BCUT2D eigenvalue weighted by Gasteiger charge is 2.12. The molecule has 0 aromatic heterocycles. The van der Waals surface area contributed by atoms with Crippen molar-refractivity contribution in [3.8, 4) is 0 Å². The summed E-state index contributed by atoms with van der Waals surface area (Å²) in [5.41, 5.74) is -0.194. The van der Waals surface area contributed by atoms with Crippen molar-refractivity contribution in [2.24, 2.45) is 4.99 Å². The van der Waals surface area contributed by atoms with Gasteiger partial charge in [0.1, 0.15) is 0 Å². The molecule has 0 spiro atoms. The average Bonchev–Trinajstić information content (AvgIpc) is 2.14. The van der Waals surface area contributed by atoms with Crippen molar-refractivity contribution in [2.75, 3.05) is 0 Å². The summed E-state index contributed by atoms with van der Waals surface area (Å²) < 4.78 is 0. The minimum atomic E-state index is -1.17. The molecule has 0 aliphatic carbocycles. The normalized spacial score (nSPS) is 16.0. The van der Waals surface area contributed by atoms with Crippen LogP contribution < -0.4 is 0 Å². The minimum absolute atomic E-state index is 0.194. The molecule has 0 radical (unpaired) electrons. The molecule has 1 N–H and O–H groups in total.